The number of carbonyl (C=O) groups is 1. The van der Waals surface area contributed by atoms with Gasteiger partial charge in [0, 0.05) is 11.5 Å². The molecule has 0 fully saturated rings. The van der Waals surface area contributed by atoms with E-state index in [0.717, 1.165) is 50.5 Å². The van der Waals surface area contributed by atoms with E-state index in [4.69, 9.17) is 0 Å². The van der Waals surface area contributed by atoms with E-state index in [1.165, 1.54) is 5.57 Å². The van der Waals surface area contributed by atoms with Gasteiger partial charge in [-0.3, -0.25) is 0 Å². The van der Waals surface area contributed by atoms with E-state index in [-0.39, 0.29) is 28.9 Å². The third-order valence-corrected chi connectivity index (χ3v) is 5.88. The van der Waals surface area contributed by atoms with Crippen LogP contribution in [0, 0.1) is 5.92 Å². The van der Waals surface area contributed by atoms with Crippen LogP contribution < -0.4 is 0 Å². The van der Waals surface area contributed by atoms with Crippen molar-refractivity contribution in [2.45, 2.75) is 78.1 Å². The van der Waals surface area contributed by atoms with E-state index in [9.17, 15) is 20.1 Å². The molecule has 2 atom stereocenters. The molecule has 0 aromatic heterocycles. The zero-order valence-electron chi connectivity index (χ0n) is 17.4. The zero-order valence-corrected chi connectivity index (χ0v) is 17.4. The quantitative estimate of drug-likeness (QED) is 0.342. The molecule has 0 spiro atoms. The Balaban J connectivity index is 2.43. The molecule has 0 saturated carbocycles. The van der Waals surface area contributed by atoms with E-state index >= 15 is 0 Å². The Labute approximate surface area is 168 Å². The molecule has 154 valence electrons. The number of benzene rings is 1. The van der Waals surface area contributed by atoms with Gasteiger partial charge in [0.05, 0.1) is 0 Å². The Bertz CT molecular complexity index is 760. The van der Waals surface area contributed by atoms with E-state index in [0.29, 0.717) is 17.5 Å². The van der Waals surface area contributed by atoms with E-state index in [1.807, 2.05) is 19.9 Å². The summed E-state index contributed by atoms with van der Waals surface area (Å²) in [7, 11) is 0. The Hall–Kier alpha value is -2.23. The molecule has 0 bridgehead atoms. The van der Waals surface area contributed by atoms with Crippen molar-refractivity contribution in [2.24, 2.45) is 5.92 Å². The minimum absolute atomic E-state index is 0.0201. The second-order valence-electron chi connectivity index (χ2n) is 8.19. The number of hydrogen-bond acceptors (Lipinski definition) is 3. The maximum absolute atomic E-state index is 11.9. The van der Waals surface area contributed by atoms with Gasteiger partial charge in [0.25, 0.3) is 0 Å². The highest BCUT2D eigenvalue weighted by Crippen LogP contribution is 2.48. The first-order chi connectivity index (χ1) is 13.3. The Morgan fingerprint density at radius 3 is 2.50 bits per heavy atom. The van der Waals surface area contributed by atoms with Crippen LogP contribution in [0.3, 0.4) is 0 Å². The van der Waals surface area contributed by atoms with Gasteiger partial charge in [0.1, 0.15) is 17.1 Å². The van der Waals surface area contributed by atoms with E-state index in [2.05, 4.69) is 13.5 Å². The normalized spacial score (nSPS) is 19.3. The number of hydrogen-bond donors (Lipinski definition) is 3. The van der Waals surface area contributed by atoms with Crippen molar-refractivity contribution < 1.29 is 20.1 Å². The van der Waals surface area contributed by atoms with Crippen molar-refractivity contribution in [3.8, 4) is 11.5 Å². The first kappa shape index (κ1) is 22.1. The number of aryl methyl sites for hydroxylation is 1. The second kappa shape index (κ2) is 9.81. The van der Waals surface area contributed by atoms with Gasteiger partial charge in [-0.2, -0.15) is 0 Å². The molecule has 0 saturated heterocycles. The molecule has 4 heteroatoms. The van der Waals surface area contributed by atoms with Gasteiger partial charge in [-0.25, -0.2) is 4.79 Å². The largest absolute Gasteiger partial charge is 0.507 e. The lowest BCUT2D eigenvalue weighted by atomic mass is 9.73. The van der Waals surface area contributed by atoms with Crippen molar-refractivity contribution in [1.29, 1.82) is 0 Å². The van der Waals surface area contributed by atoms with Crippen LogP contribution in [-0.4, -0.2) is 21.3 Å². The monoisotopic (exact) mass is 386 g/mol. The summed E-state index contributed by atoms with van der Waals surface area (Å²) in [6.07, 6.45) is 9.67. The van der Waals surface area contributed by atoms with Crippen LogP contribution in [0.5, 0.6) is 11.5 Å². The van der Waals surface area contributed by atoms with Gasteiger partial charge in [-0.05, 0) is 57.1 Å². The lowest BCUT2D eigenvalue weighted by Crippen LogP contribution is -2.18. The molecule has 0 radical (unpaired) electrons. The fraction of sp³-hybridized carbons (Fsp3) is 0.542. The molecule has 0 amide bonds. The number of phenols is 2. The Kier molecular flexibility index (Phi) is 7.73. The molecule has 3 N–H and O–H groups in total. The summed E-state index contributed by atoms with van der Waals surface area (Å²) in [6, 6.07) is 1.55. The average molecular weight is 387 g/mol. The summed E-state index contributed by atoms with van der Waals surface area (Å²) in [4.78, 5) is 11.9. The van der Waals surface area contributed by atoms with Crippen molar-refractivity contribution in [3.05, 3.63) is 46.6 Å². The molecular weight excluding hydrogens is 352 g/mol. The third-order valence-electron chi connectivity index (χ3n) is 5.88. The Morgan fingerprint density at radius 1 is 1.21 bits per heavy atom. The zero-order chi connectivity index (χ0) is 20.8. The molecule has 1 aromatic carbocycles. The number of allylic oxidation sites excluding steroid dienone is 3. The molecule has 1 aliphatic rings. The van der Waals surface area contributed by atoms with Gasteiger partial charge in [-0.1, -0.05) is 56.4 Å². The molecule has 2 unspecified atom stereocenters. The predicted octanol–water partition coefficient (Wildman–Crippen LogP) is 6.32. The highest BCUT2D eigenvalue weighted by molar-refractivity contribution is 5.94. The topological polar surface area (TPSA) is 77.8 Å². The van der Waals surface area contributed by atoms with E-state index < -0.39 is 5.97 Å². The number of unbranched alkanes of at least 4 members (excludes halogenated alkanes) is 4. The molecule has 4 nitrogen and oxygen atoms in total. The fourth-order valence-electron chi connectivity index (χ4n) is 4.31. The lowest BCUT2D eigenvalue weighted by Gasteiger charge is -2.32. The number of carboxylic acids is 1. The fourth-order valence-corrected chi connectivity index (χ4v) is 4.31. The summed E-state index contributed by atoms with van der Waals surface area (Å²) in [5.41, 5.74) is 2.91. The SMILES string of the molecule is C=C(C)C1CCC(C)=CC1c1c(O)cc(CCCCCCC)c(C(=O)O)c1O. The predicted molar refractivity (Wildman–Crippen MR) is 113 cm³/mol. The highest BCUT2D eigenvalue weighted by atomic mass is 16.4. The summed E-state index contributed by atoms with van der Waals surface area (Å²) in [6.45, 7) is 10.2. The van der Waals surface area contributed by atoms with E-state index in [1.54, 1.807) is 6.07 Å². The van der Waals surface area contributed by atoms with Crippen molar-refractivity contribution >= 4 is 5.97 Å². The van der Waals surface area contributed by atoms with Crippen molar-refractivity contribution in [3.63, 3.8) is 0 Å². The first-order valence-corrected chi connectivity index (χ1v) is 10.4. The van der Waals surface area contributed by atoms with Gasteiger partial charge in [-0.15, -0.1) is 0 Å². The Morgan fingerprint density at radius 2 is 1.89 bits per heavy atom. The van der Waals surface area contributed by atoms with Gasteiger partial charge < -0.3 is 15.3 Å². The smallest absolute Gasteiger partial charge is 0.339 e. The number of carboxylic acid groups (broad SMARTS) is 1. The standard InChI is InChI=1S/C24H34O4/c1-5-6-7-8-9-10-17-14-20(25)22(23(26)21(17)24(27)28)19-13-16(4)11-12-18(19)15(2)3/h13-14,18-19,25-26H,2,5-12H2,1,3-4H3,(H,27,28). The number of aromatic carboxylic acids is 1. The minimum Gasteiger partial charge on any atom is -0.507 e. The number of phenolic OH excluding ortho intramolecular Hbond substituents is 1. The molecule has 0 aliphatic heterocycles. The molecule has 1 aromatic rings. The first-order valence-electron chi connectivity index (χ1n) is 10.4. The van der Waals surface area contributed by atoms with Gasteiger partial charge in [0.2, 0.25) is 0 Å². The molecule has 28 heavy (non-hydrogen) atoms. The molecule has 0 heterocycles. The molecular formula is C24H34O4. The number of rotatable bonds is 9. The molecule has 1 aliphatic carbocycles. The van der Waals surface area contributed by atoms with Crippen molar-refractivity contribution in [1.82, 2.24) is 0 Å². The highest BCUT2D eigenvalue weighted by Gasteiger charge is 2.32. The average Bonchev–Trinajstić information content (AvgIpc) is 2.60. The lowest BCUT2D eigenvalue weighted by molar-refractivity contribution is 0.0692. The van der Waals surface area contributed by atoms with Gasteiger partial charge in [0.15, 0.2) is 0 Å². The van der Waals surface area contributed by atoms with Gasteiger partial charge >= 0.3 is 5.97 Å². The van der Waals surface area contributed by atoms with Crippen LogP contribution in [0.4, 0.5) is 0 Å². The van der Waals surface area contributed by atoms with Crippen LogP contribution in [0.15, 0.2) is 29.9 Å². The minimum atomic E-state index is -1.15. The number of aromatic hydroxyl groups is 2. The van der Waals surface area contributed by atoms with Crippen LogP contribution >= 0.6 is 0 Å². The second-order valence-corrected chi connectivity index (χ2v) is 8.19. The summed E-state index contributed by atoms with van der Waals surface area (Å²) >= 11 is 0. The van der Waals surface area contributed by atoms with Crippen molar-refractivity contribution in [2.75, 3.05) is 0 Å². The van der Waals surface area contributed by atoms with Crippen LogP contribution in [0.25, 0.3) is 0 Å². The summed E-state index contributed by atoms with van der Waals surface area (Å²) in [5.74, 6) is -1.65. The summed E-state index contributed by atoms with van der Waals surface area (Å²) < 4.78 is 0. The maximum atomic E-state index is 11.9. The van der Waals surface area contributed by atoms with Crippen LogP contribution in [0.2, 0.25) is 0 Å². The van der Waals surface area contributed by atoms with Crippen LogP contribution in [-0.2, 0) is 6.42 Å². The molecule has 2 rings (SSSR count). The maximum Gasteiger partial charge on any atom is 0.339 e. The summed E-state index contributed by atoms with van der Waals surface area (Å²) in [5, 5.41) is 31.4. The third kappa shape index (κ3) is 4.98. The van der Waals surface area contributed by atoms with Crippen LogP contribution in [0.1, 0.15) is 93.1 Å².